The number of hydrogen-bond donors (Lipinski definition) is 0. The molecule has 1 fully saturated rings. The van der Waals surface area contributed by atoms with Gasteiger partial charge in [0.15, 0.2) is 5.13 Å². The molecule has 0 bridgehead atoms. The molecule has 2 aromatic rings. The largest absolute Gasteiger partial charge is 0.400 e. The van der Waals surface area contributed by atoms with Crippen molar-refractivity contribution in [2.75, 3.05) is 11.4 Å². The van der Waals surface area contributed by atoms with E-state index >= 15 is 0 Å². The van der Waals surface area contributed by atoms with Gasteiger partial charge in [-0.3, -0.25) is 9.69 Å². The van der Waals surface area contributed by atoms with E-state index in [0.717, 1.165) is 9.60 Å². The van der Waals surface area contributed by atoms with Crippen molar-refractivity contribution in [2.24, 2.45) is 5.92 Å². The minimum absolute atomic E-state index is 0.0723. The Bertz CT molecular complexity index is 604. The molecule has 1 unspecified atom stereocenters. The molecule has 1 aromatic carbocycles. The van der Waals surface area contributed by atoms with Crippen LogP contribution in [0.3, 0.4) is 0 Å². The van der Waals surface area contributed by atoms with Gasteiger partial charge in [-0.2, -0.15) is 13.2 Å². The summed E-state index contributed by atoms with van der Waals surface area (Å²) in [5.74, 6) is -2.79. The zero-order valence-electron chi connectivity index (χ0n) is 9.65. The van der Waals surface area contributed by atoms with Gasteiger partial charge in [0.1, 0.15) is 5.92 Å². The lowest BCUT2D eigenvalue weighted by Gasteiger charge is -2.14. The van der Waals surface area contributed by atoms with E-state index in [-0.39, 0.29) is 13.0 Å². The number of para-hydroxylation sites is 1. The van der Waals surface area contributed by atoms with Crippen molar-refractivity contribution in [3.8, 4) is 0 Å². The van der Waals surface area contributed by atoms with Gasteiger partial charge in [0.2, 0.25) is 5.91 Å². The molecule has 0 spiro atoms. The van der Waals surface area contributed by atoms with Crippen LogP contribution in [-0.4, -0.2) is 23.6 Å². The number of carbonyl (C=O) groups is 1. The number of thiazole rings is 1. The smallest absolute Gasteiger partial charge is 0.288 e. The van der Waals surface area contributed by atoms with Gasteiger partial charge in [0.05, 0.1) is 10.2 Å². The van der Waals surface area contributed by atoms with Crippen LogP contribution in [0.15, 0.2) is 24.3 Å². The summed E-state index contributed by atoms with van der Waals surface area (Å²) in [5.41, 5.74) is 0.700. The minimum atomic E-state index is -4.47. The van der Waals surface area contributed by atoms with Crippen molar-refractivity contribution in [3.05, 3.63) is 24.3 Å². The topological polar surface area (TPSA) is 33.2 Å². The first-order valence-electron chi connectivity index (χ1n) is 5.70. The molecule has 1 amide bonds. The quantitative estimate of drug-likeness (QED) is 0.806. The lowest BCUT2D eigenvalue weighted by molar-refractivity contribution is -0.177. The van der Waals surface area contributed by atoms with Gasteiger partial charge in [-0.05, 0) is 18.6 Å². The fraction of sp³-hybridized carbons (Fsp3) is 0.333. The lowest BCUT2D eigenvalue weighted by Crippen LogP contribution is -2.33. The number of carbonyl (C=O) groups excluding carboxylic acids is 1. The van der Waals surface area contributed by atoms with Crippen molar-refractivity contribution in [2.45, 2.75) is 12.6 Å². The van der Waals surface area contributed by atoms with E-state index in [1.807, 2.05) is 12.1 Å². The summed E-state index contributed by atoms with van der Waals surface area (Å²) in [6, 6.07) is 7.24. The summed E-state index contributed by atoms with van der Waals surface area (Å²) in [6.07, 6.45) is -4.67. The zero-order valence-corrected chi connectivity index (χ0v) is 10.5. The molecule has 3 nitrogen and oxygen atoms in total. The fourth-order valence-corrected chi connectivity index (χ4v) is 3.15. The number of benzene rings is 1. The molecular weight excluding hydrogens is 277 g/mol. The SMILES string of the molecule is O=C1C(C(F)(F)F)CCN1c1nc2ccccc2s1. The second-order valence-corrected chi connectivity index (χ2v) is 5.35. The second kappa shape index (κ2) is 4.19. The molecule has 0 saturated carbocycles. The van der Waals surface area contributed by atoms with Crippen molar-refractivity contribution >= 4 is 32.6 Å². The van der Waals surface area contributed by atoms with Gasteiger partial charge in [0, 0.05) is 6.54 Å². The average molecular weight is 286 g/mol. The van der Waals surface area contributed by atoms with E-state index in [9.17, 15) is 18.0 Å². The summed E-state index contributed by atoms with van der Waals surface area (Å²) in [7, 11) is 0. The summed E-state index contributed by atoms with van der Waals surface area (Å²) in [4.78, 5) is 17.2. The van der Waals surface area contributed by atoms with E-state index in [1.165, 1.54) is 11.3 Å². The fourth-order valence-electron chi connectivity index (χ4n) is 2.15. The first-order chi connectivity index (χ1) is 8.97. The monoisotopic (exact) mass is 286 g/mol. The Kier molecular flexibility index (Phi) is 2.74. The number of amides is 1. The summed E-state index contributed by atoms with van der Waals surface area (Å²) < 4.78 is 38.8. The van der Waals surface area contributed by atoms with Crippen LogP contribution in [0.25, 0.3) is 10.2 Å². The third-order valence-corrected chi connectivity index (χ3v) is 4.17. The number of halogens is 3. The Balaban J connectivity index is 1.93. The molecular formula is C12H9F3N2OS. The molecule has 1 atom stereocenters. The molecule has 1 saturated heterocycles. The van der Waals surface area contributed by atoms with Gasteiger partial charge in [0.25, 0.3) is 0 Å². The first-order valence-corrected chi connectivity index (χ1v) is 6.52. The highest BCUT2D eigenvalue weighted by Gasteiger charge is 2.50. The zero-order chi connectivity index (χ0) is 13.6. The third kappa shape index (κ3) is 2.07. The number of hydrogen-bond acceptors (Lipinski definition) is 3. The molecule has 100 valence electrons. The van der Waals surface area contributed by atoms with E-state index in [2.05, 4.69) is 4.98 Å². The van der Waals surface area contributed by atoms with Gasteiger partial charge in [-0.15, -0.1) is 0 Å². The number of fused-ring (bicyclic) bond motifs is 1. The van der Waals surface area contributed by atoms with Crippen LogP contribution in [0.1, 0.15) is 6.42 Å². The van der Waals surface area contributed by atoms with Crippen LogP contribution in [-0.2, 0) is 4.79 Å². The van der Waals surface area contributed by atoms with Crippen LogP contribution >= 0.6 is 11.3 Å². The van der Waals surface area contributed by atoms with Gasteiger partial charge in [-0.1, -0.05) is 23.5 Å². The highest BCUT2D eigenvalue weighted by molar-refractivity contribution is 7.22. The van der Waals surface area contributed by atoms with E-state index in [0.29, 0.717) is 10.6 Å². The van der Waals surface area contributed by atoms with Crippen LogP contribution in [0.2, 0.25) is 0 Å². The number of nitrogens with zero attached hydrogens (tertiary/aromatic N) is 2. The predicted octanol–water partition coefficient (Wildman–Crippen LogP) is 3.21. The third-order valence-electron chi connectivity index (χ3n) is 3.11. The number of alkyl halides is 3. The maximum atomic E-state index is 12.6. The summed E-state index contributed by atoms with van der Waals surface area (Å²) >= 11 is 1.24. The molecule has 19 heavy (non-hydrogen) atoms. The Hall–Kier alpha value is -1.63. The summed E-state index contributed by atoms with van der Waals surface area (Å²) in [6.45, 7) is 0.0723. The van der Waals surface area contributed by atoms with Crippen molar-refractivity contribution in [1.29, 1.82) is 0 Å². The van der Waals surface area contributed by atoms with E-state index in [1.54, 1.807) is 12.1 Å². The van der Waals surface area contributed by atoms with Gasteiger partial charge < -0.3 is 0 Å². The highest BCUT2D eigenvalue weighted by atomic mass is 32.1. The molecule has 2 heterocycles. The van der Waals surface area contributed by atoms with E-state index < -0.39 is 18.0 Å². The molecule has 0 N–H and O–H groups in total. The van der Waals surface area contributed by atoms with E-state index in [4.69, 9.17) is 0 Å². The van der Waals surface area contributed by atoms with Crippen molar-refractivity contribution in [3.63, 3.8) is 0 Å². The standard InChI is InChI=1S/C12H9F3N2OS/c13-12(14,15)7-5-6-17(10(7)18)11-16-8-3-1-2-4-9(8)19-11/h1-4,7H,5-6H2. The Morgan fingerprint density at radius 2 is 2.05 bits per heavy atom. The maximum absolute atomic E-state index is 12.6. The van der Waals surface area contributed by atoms with Gasteiger partial charge in [-0.25, -0.2) is 4.98 Å². The van der Waals surface area contributed by atoms with Gasteiger partial charge >= 0.3 is 6.18 Å². The second-order valence-electron chi connectivity index (χ2n) is 4.34. The Morgan fingerprint density at radius 1 is 1.32 bits per heavy atom. The predicted molar refractivity (Wildman–Crippen MR) is 66.1 cm³/mol. The molecule has 7 heteroatoms. The normalized spacial score (nSPS) is 20.5. The molecule has 3 rings (SSSR count). The molecule has 1 aliphatic rings. The Labute approximate surface area is 110 Å². The summed E-state index contributed by atoms with van der Waals surface area (Å²) in [5, 5.41) is 0.345. The average Bonchev–Trinajstić information content (AvgIpc) is 2.90. The first kappa shape index (κ1) is 12.4. The highest BCUT2D eigenvalue weighted by Crippen LogP contribution is 2.38. The molecule has 0 aliphatic carbocycles. The van der Waals surface area contributed by atoms with Crippen molar-refractivity contribution in [1.82, 2.24) is 4.98 Å². The molecule has 0 radical (unpaired) electrons. The molecule has 1 aromatic heterocycles. The maximum Gasteiger partial charge on any atom is 0.400 e. The lowest BCUT2D eigenvalue weighted by atomic mass is 10.1. The number of anilines is 1. The minimum Gasteiger partial charge on any atom is -0.288 e. The number of rotatable bonds is 1. The number of aromatic nitrogens is 1. The van der Waals surface area contributed by atoms with Crippen LogP contribution in [0.5, 0.6) is 0 Å². The molecule has 1 aliphatic heterocycles. The van der Waals surface area contributed by atoms with Crippen LogP contribution < -0.4 is 4.90 Å². The van der Waals surface area contributed by atoms with Crippen LogP contribution in [0.4, 0.5) is 18.3 Å². The van der Waals surface area contributed by atoms with Crippen molar-refractivity contribution < 1.29 is 18.0 Å². The Morgan fingerprint density at radius 3 is 2.68 bits per heavy atom. The van der Waals surface area contributed by atoms with Crippen LogP contribution in [0, 0.1) is 5.92 Å².